The van der Waals surface area contributed by atoms with Crippen LogP contribution in [0, 0.1) is 5.92 Å². The highest BCUT2D eigenvalue weighted by Crippen LogP contribution is 2.16. The number of amides is 1. The highest BCUT2D eigenvalue weighted by atomic mass is 79.9. The average Bonchev–Trinajstić information content (AvgIpc) is 2.60. The van der Waals surface area contributed by atoms with Crippen molar-refractivity contribution in [1.29, 1.82) is 0 Å². The Kier molecular flexibility index (Phi) is 4.08. The Morgan fingerprint density at radius 1 is 1.53 bits per heavy atom. The van der Waals surface area contributed by atoms with Gasteiger partial charge in [0.2, 0.25) is 0 Å². The molecule has 0 atom stereocenters. The number of hydrogen-bond donors (Lipinski definition) is 1. The Bertz CT molecular complexity index is 370. The Hall–Kier alpha value is -1.10. The van der Waals surface area contributed by atoms with Crippen LogP contribution in [0.4, 0.5) is 0 Å². The van der Waals surface area contributed by atoms with E-state index in [4.69, 9.17) is 4.42 Å². The van der Waals surface area contributed by atoms with Gasteiger partial charge >= 0.3 is 0 Å². The molecule has 1 amide bonds. The number of carbonyl (C=O) groups is 2. The van der Waals surface area contributed by atoms with Crippen LogP contribution in [-0.4, -0.2) is 18.2 Å². The molecule has 1 N–H and O–H groups in total. The van der Waals surface area contributed by atoms with Crippen LogP contribution >= 0.6 is 15.9 Å². The lowest BCUT2D eigenvalue weighted by Gasteiger charge is -2.05. The lowest BCUT2D eigenvalue weighted by atomic mass is 10.1. The molecule has 0 aliphatic rings. The number of furan rings is 1. The zero-order valence-electron chi connectivity index (χ0n) is 8.54. The third-order valence-corrected chi connectivity index (χ3v) is 2.54. The number of hydrogen-bond acceptors (Lipinski definition) is 3. The van der Waals surface area contributed by atoms with Crippen molar-refractivity contribution in [3.05, 3.63) is 22.6 Å². The molecule has 0 unspecified atom stereocenters. The minimum atomic E-state index is -0.315. The monoisotopic (exact) mass is 273 g/mol. The van der Waals surface area contributed by atoms with Crippen LogP contribution in [0.2, 0.25) is 0 Å². The molecule has 82 valence electrons. The highest BCUT2D eigenvalue weighted by Gasteiger charge is 2.14. The van der Waals surface area contributed by atoms with Gasteiger partial charge in [0.05, 0.1) is 18.4 Å². The van der Waals surface area contributed by atoms with E-state index >= 15 is 0 Å². The fourth-order valence-electron chi connectivity index (χ4n) is 0.922. The summed E-state index contributed by atoms with van der Waals surface area (Å²) in [5.74, 6) is -0.384. The quantitative estimate of drug-likeness (QED) is 0.913. The minimum Gasteiger partial charge on any atom is -0.457 e. The minimum absolute atomic E-state index is 0.00275. The van der Waals surface area contributed by atoms with E-state index in [1.807, 2.05) is 0 Å². The molecule has 1 aromatic heterocycles. The van der Waals surface area contributed by atoms with Crippen LogP contribution in [0.1, 0.15) is 24.2 Å². The summed E-state index contributed by atoms with van der Waals surface area (Å²) in [6, 6.07) is 1.54. The molecule has 0 aliphatic carbocycles. The van der Waals surface area contributed by atoms with Crippen molar-refractivity contribution in [2.24, 2.45) is 5.92 Å². The molecule has 15 heavy (non-hydrogen) atoms. The second-order valence-corrected chi connectivity index (χ2v) is 4.13. The molecule has 0 saturated heterocycles. The number of carbonyl (C=O) groups excluding carboxylic acids is 2. The van der Waals surface area contributed by atoms with Crippen LogP contribution in [0.15, 0.2) is 21.4 Å². The van der Waals surface area contributed by atoms with E-state index in [1.54, 1.807) is 19.9 Å². The van der Waals surface area contributed by atoms with Gasteiger partial charge in [-0.3, -0.25) is 9.59 Å². The summed E-state index contributed by atoms with van der Waals surface area (Å²) in [6.07, 6.45) is 1.41. The topological polar surface area (TPSA) is 59.3 Å². The van der Waals surface area contributed by atoms with Crippen LogP contribution in [-0.2, 0) is 4.79 Å². The highest BCUT2D eigenvalue weighted by molar-refractivity contribution is 9.10. The van der Waals surface area contributed by atoms with Crippen LogP contribution in [0.5, 0.6) is 0 Å². The summed E-state index contributed by atoms with van der Waals surface area (Å²) in [7, 11) is 0. The molecule has 0 radical (unpaired) electrons. The summed E-state index contributed by atoms with van der Waals surface area (Å²) >= 11 is 3.09. The predicted molar refractivity (Wildman–Crippen MR) is 58.6 cm³/mol. The SMILES string of the molecule is CC(C)C(=O)CNC(=O)c1ccoc1Br. The molecule has 5 heteroatoms. The Morgan fingerprint density at radius 3 is 2.67 bits per heavy atom. The number of rotatable bonds is 4. The number of Topliss-reactive ketones (excluding diaryl/α,β-unsaturated/α-hetero) is 1. The molecule has 0 bridgehead atoms. The Morgan fingerprint density at radius 2 is 2.20 bits per heavy atom. The molecule has 1 aromatic rings. The van der Waals surface area contributed by atoms with Gasteiger partial charge in [-0.05, 0) is 22.0 Å². The van der Waals surface area contributed by atoms with Gasteiger partial charge in [-0.15, -0.1) is 0 Å². The standard InChI is InChI=1S/C10H12BrNO3/c1-6(2)8(13)5-12-10(14)7-3-4-15-9(7)11/h3-4,6H,5H2,1-2H3,(H,12,14). The molecule has 0 aromatic carbocycles. The van der Waals surface area contributed by atoms with E-state index in [0.29, 0.717) is 10.2 Å². The van der Waals surface area contributed by atoms with Crippen molar-refractivity contribution in [1.82, 2.24) is 5.32 Å². The first-order chi connectivity index (χ1) is 7.02. The summed E-state index contributed by atoms with van der Waals surface area (Å²) in [5.41, 5.74) is 0.395. The molecule has 0 aliphatic heterocycles. The summed E-state index contributed by atoms with van der Waals surface area (Å²) in [4.78, 5) is 22.8. The maximum Gasteiger partial charge on any atom is 0.256 e. The van der Waals surface area contributed by atoms with E-state index in [9.17, 15) is 9.59 Å². The lowest BCUT2D eigenvalue weighted by molar-refractivity contribution is -0.120. The largest absolute Gasteiger partial charge is 0.457 e. The van der Waals surface area contributed by atoms with E-state index in [-0.39, 0.29) is 24.2 Å². The fraction of sp³-hybridized carbons (Fsp3) is 0.400. The summed E-state index contributed by atoms with van der Waals surface area (Å²) < 4.78 is 5.28. The third-order valence-electron chi connectivity index (χ3n) is 1.93. The normalized spacial score (nSPS) is 10.4. The van der Waals surface area contributed by atoms with Gasteiger partial charge < -0.3 is 9.73 Å². The molecule has 4 nitrogen and oxygen atoms in total. The van der Waals surface area contributed by atoms with Gasteiger partial charge in [0.25, 0.3) is 5.91 Å². The zero-order chi connectivity index (χ0) is 11.4. The summed E-state index contributed by atoms with van der Waals surface area (Å²) in [5, 5.41) is 2.53. The van der Waals surface area contributed by atoms with Gasteiger partial charge in [0, 0.05) is 5.92 Å². The lowest BCUT2D eigenvalue weighted by Crippen LogP contribution is -2.31. The van der Waals surface area contributed by atoms with Crippen molar-refractivity contribution < 1.29 is 14.0 Å². The van der Waals surface area contributed by atoms with Crippen LogP contribution < -0.4 is 5.32 Å². The third kappa shape index (κ3) is 3.20. The van der Waals surface area contributed by atoms with E-state index < -0.39 is 0 Å². The van der Waals surface area contributed by atoms with Gasteiger partial charge in [0.1, 0.15) is 0 Å². The Labute approximate surface area is 96.2 Å². The van der Waals surface area contributed by atoms with Gasteiger partial charge in [0.15, 0.2) is 10.5 Å². The van der Waals surface area contributed by atoms with Gasteiger partial charge in [-0.1, -0.05) is 13.8 Å². The number of halogens is 1. The van der Waals surface area contributed by atoms with E-state index in [0.717, 1.165) is 0 Å². The zero-order valence-corrected chi connectivity index (χ0v) is 10.1. The molecule has 1 rings (SSSR count). The molecule has 0 saturated carbocycles. The predicted octanol–water partition coefficient (Wildman–Crippen LogP) is 2.00. The van der Waals surface area contributed by atoms with Crippen molar-refractivity contribution in [2.45, 2.75) is 13.8 Å². The van der Waals surface area contributed by atoms with Crippen molar-refractivity contribution in [3.8, 4) is 0 Å². The number of ketones is 1. The van der Waals surface area contributed by atoms with E-state index in [1.165, 1.54) is 6.26 Å². The maximum atomic E-state index is 11.5. The molecule has 0 spiro atoms. The Balaban J connectivity index is 2.51. The number of nitrogens with one attached hydrogen (secondary N) is 1. The van der Waals surface area contributed by atoms with E-state index in [2.05, 4.69) is 21.2 Å². The first-order valence-corrected chi connectivity index (χ1v) is 5.35. The van der Waals surface area contributed by atoms with Gasteiger partial charge in [-0.25, -0.2) is 0 Å². The second kappa shape index (κ2) is 5.11. The van der Waals surface area contributed by atoms with Crippen molar-refractivity contribution >= 4 is 27.6 Å². The van der Waals surface area contributed by atoms with Gasteiger partial charge in [-0.2, -0.15) is 0 Å². The van der Waals surface area contributed by atoms with Crippen LogP contribution in [0.3, 0.4) is 0 Å². The molecule has 1 heterocycles. The van der Waals surface area contributed by atoms with Crippen molar-refractivity contribution in [3.63, 3.8) is 0 Å². The first kappa shape index (κ1) is 12.0. The maximum absolute atomic E-state index is 11.5. The summed E-state index contributed by atoms with van der Waals surface area (Å²) in [6.45, 7) is 3.64. The fourth-order valence-corrected chi connectivity index (χ4v) is 1.34. The second-order valence-electron chi connectivity index (χ2n) is 3.41. The van der Waals surface area contributed by atoms with Crippen LogP contribution in [0.25, 0.3) is 0 Å². The average molecular weight is 274 g/mol. The molecular weight excluding hydrogens is 262 g/mol. The molecule has 0 fully saturated rings. The smallest absolute Gasteiger partial charge is 0.256 e. The first-order valence-electron chi connectivity index (χ1n) is 4.56. The molecular formula is C10H12BrNO3. The van der Waals surface area contributed by atoms with Crippen molar-refractivity contribution in [2.75, 3.05) is 6.54 Å².